The van der Waals surface area contributed by atoms with E-state index in [4.69, 9.17) is 14.4 Å². The van der Waals surface area contributed by atoms with Crippen molar-refractivity contribution < 1.29 is 19.2 Å². The largest absolute Gasteiger partial charge is 0.481 e. The second kappa shape index (κ2) is 3.38. The van der Waals surface area contributed by atoms with Gasteiger partial charge in [0.15, 0.2) is 5.82 Å². The summed E-state index contributed by atoms with van der Waals surface area (Å²) < 4.78 is 9.73. The maximum absolute atomic E-state index is 10.6. The summed E-state index contributed by atoms with van der Waals surface area (Å²) >= 11 is 0. The zero-order valence-electron chi connectivity index (χ0n) is 7.64. The fourth-order valence-corrected chi connectivity index (χ4v) is 1.35. The number of rotatable bonds is 4. The van der Waals surface area contributed by atoms with Crippen LogP contribution in [0.1, 0.15) is 24.1 Å². The highest BCUT2D eigenvalue weighted by Crippen LogP contribution is 2.46. The van der Waals surface area contributed by atoms with Crippen molar-refractivity contribution in [2.75, 3.05) is 7.11 Å². The Morgan fingerprint density at radius 2 is 2.57 bits per heavy atom. The molecule has 0 aliphatic heterocycles. The van der Waals surface area contributed by atoms with Gasteiger partial charge in [0.1, 0.15) is 6.61 Å². The molecule has 1 aromatic rings. The fraction of sp³-hybridized carbons (Fsp3) is 0.625. The van der Waals surface area contributed by atoms with E-state index >= 15 is 0 Å². The van der Waals surface area contributed by atoms with Crippen molar-refractivity contribution in [2.45, 2.75) is 18.9 Å². The first-order valence-corrected chi connectivity index (χ1v) is 4.26. The number of carboxylic acid groups (broad SMARTS) is 1. The van der Waals surface area contributed by atoms with Gasteiger partial charge in [-0.2, -0.15) is 4.98 Å². The summed E-state index contributed by atoms with van der Waals surface area (Å²) in [6, 6.07) is 0. The molecule has 0 radical (unpaired) electrons. The number of hydrogen-bond donors (Lipinski definition) is 1. The Kier molecular flexibility index (Phi) is 2.20. The van der Waals surface area contributed by atoms with Gasteiger partial charge in [0.25, 0.3) is 0 Å². The lowest BCUT2D eigenvalue weighted by molar-refractivity contribution is -0.138. The molecule has 1 N–H and O–H groups in total. The summed E-state index contributed by atoms with van der Waals surface area (Å²) in [5.74, 6) is -0.402. The molecule has 2 rings (SSSR count). The minimum atomic E-state index is -0.804. The Morgan fingerprint density at radius 3 is 3.14 bits per heavy atom. The fourth-order valence-electron chi connectivity index (χ4n) is 1.35. The molecule has 6 nitrogen and oxygen atoms in total. The molecule has 0 unspecified atom stereocenters. The quantitative estimate of drug-likeness (QED) is 0.753. The number of hydrogen-bond acceptors (Lipinski definition) is 5. The van der Waals surface area contributed by atoms with E-state index in [-0.39, 0.29) is 18.4 Å². The zero-order valence-corrected chi connectivity index (χ0v) is 7.64. The SMILES string of the molecule is COCc1noc([C@@H]2C[C@@H]2C(=O)O)n1. The summed E-state index contributed by atoms with van der Waals surface area (Å²) in [7, 11) is 1.53. The Morgan fingerprint density at radius 1 is 1.79 bits per heavy atom. The first-order chi connectivity index (χ1) is 6.72. The predicted molar refractivity (Wildman–Crippen MR) is 43.5 cm³/mol. The highest BCUT2D eigenvalue weighted by atomic mass is 16.5. The third kappa shape index (κ3) is 1.60. The van der Waals surface area contributed by atoms with E-state index in [1.165, 1.54) is 7.11 Å². The zero-order chi connectivity index (χ0) is 10.1. The standard InChI is InChI=1S/C8H10N2O4/c1-13-3-6-9-7(14-10-6)4-2-5(4)8(11)12/h4-5H,2-3H2,1H3,(H,11,12)/t4-,5+/m1/s1. The highest BCUT2D eigenvalue weighted by molar-refractivity contribution is 5.74. The van der Waals surface area contributed by atoms with Gasteiger partial charge in [-0.05, 0) is 6.42 Å². The van der Waals surface area contributed by atoms with Crippen LogP contribution in [0.5, 0.6) is 0 Å². The summed E-state index contributed by atoms with van der Waals surface area (Å²) in [6.07, 6.45) is 0.587. The lowest BCUT2D eigenvalue weighted by atomic mass is 10.3. The summed E-state index contributed by atoms with van der Waals surface area (Å²) in [5, 5.41) is 12.3. The number of ether oxygens (including phenoxy) is 1. The third-order valence-electron chi connectivity index (χ3n) is 2.18. The van der Waals surface area contributed by atoms with Crippen molar-refractivity contribution in [1.29, 1.82) is 0 Å². The van der Waals surface area contributed by atoms with Crippen LogP contribution in [0.4, 0.5) is 0 Å². The molecule has 6 heteroatoms. The van der Waals surface area contributed by atoms with Gasteiger partial charge in [0, 0.05) is 7.11 Å². The van der Waals surface area contributed by atoms with Crippen LogP contribution < -0.4 is 0 Å². The van der Waals surface area contributed by atoms with Gasteiger partial charge in [0.2, 0.25) is 5.89 Å². The average molecular weight is 198 g/mol. The molecule has 0 amide bonds. The van der Waals surface area contributed by atoms with Gasteiger partial charge < -0.3 is 14.4 Å². The van der Waals surface area contributed by atoms with E-state index in [9.17, 15) is 4.79 Å². The van der Waals surface area contributed by atoms with Crippen molar-refractivity contribution in [1.82, 2.24) is 10.1 Å². The minimum Gasteiger partial charge on any atom is -0.481 e. The third-order valence-corrected chi connectivity index (χ3v) is 2.18. The predicted octanol–water partition coefficient (Wildman–Crippen LogP) is 0.404. The Hall–Kier alpha value is -1.43. The van der Waals surface area contributed by atoms with Gasteiger partial charge in [-0.25, -0.2) is 0 Å². The molecule has 1 aliphatic carbocycles. The summed E-state index contributed by atoms with van der Waals surface area (Å²) in [4.78, 5) is 14.6. The van der Waals surface area contributed by atoms with E-state index in [1.807, 2.05) is 0 Å². The molecular weight excluding hydrogens is 188 g/mol. The van der Waals surface area contributed by atoms with E-state index in [1.54, 1.807) is 0 Å². The highest BCUT2D eigenvalue weighted by Gasteiger charge is 2.48. The molecule has 2 atom stereocenters. The molecule has 1 heterocycles. The van der Waals surface area contributed by atoms with Crippen molar-refractivity contribution in [3.05, 3.63) is 11.7 Å². The van der Waals surface area contributed by atoms with Crippen molar-refractivity contribution in [3.8, 4) is 0 Å². The molecule has 76 valence electrons. The van der Waals surface area contributed by atoms with E-state index in [0.29, 0.717) is 18.1 Å². The normalized spacial score (nSPS) is 24.9. The summed E-state index contributed by atoms with van der Waals surface area (Å²) in [6.45, 7) is 0.286. The number of nitrogens with zero attached hydrogens (tertiary/aromatic N) is 2. The lowest BCUT2D eigenvalue weighted by Gasteiger charge is -1.87. The second-order valence-electron chi connectivity index (χ2n) is 3.27. The van der Waals surface area contributed by atoms with E-state index in [0.717, 1.165) is 0 Å². The molecule has 0 spiro atoms. The molecule has 0 aromatic carbocycles. The Bertz CT molecular complexity index is 349. The maximum atomic E-state index is 10.6. The van der Waals surface area contributed by atoms with Crippen LogP contribution in [0.15, 0.2) is 4.52 Å². The van der Waals surface area contributed by atoms with Gasteiger partial charge in [-0.3, -0.25) is 4.79 Å². The monoisotopic (exact) mass is 198 g/mol. The molecular formula is C8H10N2O4. The van der Waals surface area contributed by atoms with Crippen LogP contribution in [0, 0.1) is 5.92 Å². The van der Waals surface area contributed by atoms with E-state index < -0.39 is 5.97 Å². The average Bonchev–Trinajstić information content (AvgIpc) is 2.82. The second-order valence-corrected chi connectivity index (χ2v) is 3.27. The topological polar surface area (TPSA) is 85.5 Å². The van der Waals surface area contributed by atoms with Gasteiger partial charge >= 0.3 is 5.97 Å². The van der Waals surface area contributed by atoms with Crippen LogP contribution in [0.25, 0.3) is 0 Å². The number of aromatic nitrogens is 2. The first-order valence-electron chi connectivity index (χ1n) is 4.26. The van der Waals surface area contributed by atoms with Crippen LogP contribution in [-0.2, 0) is 16.1 Å². The lowest BCUT2D eigenvalue weighted by Crippen LogP contribution is -1.99. The van der Waals surface area contributed by atoms with Crippen molar-refractivity contribution >= 4 is 5.97 Å². The minimum absolute atomic E-state index is 0.106. The van der Waals surface area contributed by atoms with Crippen LogP contribution in [0.2, 0.25) is 0 Å². The van der Waals surface area contributed by atoms with E-state index in [2.05, 4.69) is 10.1 Å². The molecule has 0 saturated heterocycles. The number of methoxy groups -OCH3 is 1. The maximum Gasteiger partial charge on any atom is 0.307 e. The van der Waals surface area contributed by atoms with Crippen LogP contribution >= 0.6 is 0 Å². The summed E-state index contributed by atoms with van der Waals surface area (Å²) in [5.41, 5.74) is 0. The van der Waals surface area contributed by atoms with Gasteiger partial charge in [-0.1, -0.05) is 5.16 Å². The smallest absolute Gasteiger partial charge is 0.307 e. The number of carbonyl (C=O) groups is 1. The Labute approximate surface area is 79.9 Å². The molecule has 1 saturated carbocycles. The number of carboxylic acids is 1. The first kappa shape index (κ1) is 9.14. The number of aliphatic carboxylic acids is 1. The van der Waals surface area contributed by atoms with Crippen LogP contribution in [-0.4, -0.2) is 28.3 Å². The molecule has 1 fully saturated rings. The molecule has 1 aromatic heterocycles. The van der Waals surface area contributed by atoms with Gasteiger partial charge in [0.05, 0.1) is 11.8 Å². The molecule has 0 bridgehead atoms. The molecule has 1 aliphatic rings. The molecule has 14 heavy (non-hydrogen) atoms. The van der Waals surface area contributed by atoms with Crippen LogP contribution in [0.3, 0.4) is 0 Å². The van der Waals surface area contributed by atoms with Crippen molar-refractivity contribution in [3.63, 3.8) is 0 Å². The van der Waals surface area contributed by atoms with Gasteiger partial charge in [-0.15, -0.1) is 0 Å². The Balaban J connectivity index is 2.01. The van der Waals surface area contributed by atoms with Crippen molar-refractivity contribution in [2.24, 2.45) is 5.92 Å².